The summed E-state index contributed by atoms with van der Waals surface area (Å²) in [5.74, 6) is 1.06. The number of carbonyl (C=O) groups is 1. The Balaban J connectivity index is 1.22. The molecule has 8 nitrogen and oxygen atoms in total. The number of unbranched alkanes of at least 4 members (excludes halogenated alkanes) is 2. The number of carbonyl (C=O) groups excluding carboxylic acids is 1. The number of rotatable bonds is 13. The largest absolute Gasteiger partial charge is 0.379 e. The number of nitrogens with zero attached hydrogens (tertiary/aromatic N) is 5. The molecule has 8 heteroatoms. The minimum atomic E-state index is 0.162. The standard InChI is InChI=1S/C24H38N6O2/c1-20(2)32-19-9-14-25-24(31)22-12-17-29(18-13-22)15-7-4-8-16-30-27-23(26-28-30)21-10-5-3-6-11-21/h3,5-6,10-11,20,22H,4,7-9,12-19H2,1-2H3,(H,25,31). The second-order valence-electron chi connectivity index (χ2n) is 8.82. The highest BCUT2D eigenvalue weighted by Crippen LogP contribution is 2.18. The van der Waals surface area contributed by atoms with Gasteiger partial charge in [0.1, 0.15) is 0 Å². The number of aryl methyl sites for hydroxylation is 1. The molecule has 0 bridgehead atoms. The molecule has 0 atom stereocenters. The average molecular weight is 443 g/mol. The summed E-state index contributed by atoms with van der Waals surface area (Å²) in [4.78, 5) is 16.5. The highest BCUT2D eigenvalue weighted by molar-refractivity contribution is 5.78. The molecule has 3 rings (SSSR count). The molecule has 1 aromatic carbocycles. The number of hydrogen-bond donors (Lipinski definition) is 1. The predicted molar refractivity (Wildman–Crippen MR) is 125 cm³/mol. The van der Waals surface area contributed by atoms with Crippen LogP contribution in [0.3, 0.4) is 0 Å². The molecule has 1 aromatic heterocycles. The van der Waals surface area contributed by atoms with Crippen molar-refractivity contribution in [2.24, 2.45) is 5.92 Å². The van der Waals surface area contributed by atoms with Crippen LogP contribution in [0.1, 0.15) is 52.4 Å². The molecule has 176 valence electrons. The molecule has 2 heterocycles. The van der Waals surface area contributed by atoms with Crippen LogP contribution in [0.2, 0.25) is 0 Å². The average Bonchev–Trinajstić information content (AvgIpc) is 3.28. The number of piperidine rings is 1. The fourth-order valence-corrected chi connectivity index (χ4v) is 3.97. The zero-order chi connectivity index (χ0) is 22.6. The number of amides is 1. The first-order valence-electron chi connectivity index (χ1n) is 12.1. The normalized spacial score (nSPS) is 15.3. The first kappa shape index (κ1) is 24.3. The van der Waals surface area contributed by atoms with Gasteiger partial charge >= 0.3 is 0 Å². The van der Waals surface area contributed by atoms with Gasteiger partial charge in [-0.1, -0.05) is 36.8 Å². The van der Waals surface area contributed by atoms with Crippen LogP contribution in [0.15, 0.2) is 30.3 Å². The molecule has 0 radical (unpaired) electrons. The summed E-state index contributed by atoms with van der Waals surface area (Å²) in [6, 6.07) is 9.94. The van der Waals surface area contributed by atoms with Crippen molar-refractivity contribution in [2.45, 2.75) is 65.0 Å². The third kappa shape index (κ3) is 8.31. The third-order valence-corrected chi connectivity index (χ3v) is 5.85. The first-order chi connectivity index (χ1) is 15.6. The van der Waals surface area contributed by atoms with Crippen LogP contribution in [0.4, 0.5) is 0 Å². The lowest BCUT2D eigenvalue weighted by Crippen LogP contribution is -2.41. The van der Waals surface area contributed by atoms with Gasteiger partial charge in [-0.2, -0.15) is 4.80 Å². The van der Waals surface area contributed by atoms with Crippen molar-refractivity contribution in [3.8, 4) is 11.4 Å². The smallest absolute Gasteiger partial charge is 0.223 e. The number of aromatic nitrogens is 4. The molecular weight excluding hydrogens is 404 g/mol. The topological polar surface area (TPSA) is 85.2 Å². The quantitative estimate of drug-likeness (QED) is 0.480. The Morgan fingerprint density at radius 1 is 1.09 bits per heavy atom. The van der Waals surface area contributed by atoms with Crippen molar-refractivity contribution in [3.63, 3.8) is 0 Å². The molecule has 1 fully saturated rings. The second-order valence-corrected chi connectivity index (χ2v) is 8.82. The number of hydrogen-bond acceptors (Lipinski definition) is 6. The van der Waals surface area contributed by atoms with E-state index in [0.29, 0.717) is 19.0 Å². The van der Waals surface area contributed by atoms with Gasteiger partial charge in [-0.25, -0.2) is 0 Å². The number of benzene rings is 1. The summed E-state index contributed by atoms with van der Waals surface area (Å²) in [5, 5.41) is 15.9. The maximum atomic E-state index is 12.3. The van der Waals surface area contributed by atoms with Gasteiger partial charge in [-0.15, -0.1) is 10.2 Å². The molecule has 0 saturated carbocycles. The van der Waals surface area contributed by atoms with Gasteiger partial charge < -0.3 is 15.0 Å². The van der Waals surface area contributed by atoms with E-state index in [1.807, 2.05) is 44.2 Å². The van der Waals surface area contributed by atoms with Gasteiger partial charge in [0.2, 0.25) is 11.7 Å². The minimum absolute atomic E-state index is 0.162. The fourth-order valence-electron chi connectivity index (χ4n) is 3.97. The zero-order valence-electron chi connectivity index (χ0n) is 19.6. The van der Waals surface area contributed by atoms with E-state index in [9.17, 15) is 4.79 Å². The lowest BCUT2D eigenvalue weighted by Gasteiger charge is -2.31. The summed E-state index contributed by atoms with van der Waals surface area (Å²) in [6.45, 7) is 9.39. The van der Waals surface area contributed by atoms with Gasteiger partial charge in [-0.05, 0) is 70.8 Å². The van der Waals surface area contributed by atoms with E-state index in [0.717, 1.165) is 70.3 Å². The SMILES string of the molecule is CC(C)OCCCNC(=O)C1CCN(CCCCCn2nnc(-c3ccccc3)n2)CC1. The Hall–Kier alpha value is -2.32. The minimum Gasteiger partial charge on any atom is -0.379 e. The van der Waals surface area contributed by atoms with Gasteiger partial charge in [0, 0.05) is 24.6 Å². The van der Waals surface area contributed by atoms with Crippen LogP contribution in [0.25, 0.3) is 11.4 Å². The Bertz CT molecular complexity index is 787. The first-order valence-corrected chi connectivity index (χ1v) is 12.1. The zero-order valence-corrected chi connectivity index (χ0v) is 19.6. The van der Waals surface area contributed by atoms with Gasteiger partial charge in [0.25, 0.3) is 0 Å². The van der Waals surface area contributed by atoms with Gasteiger partial charge in [-0.3, -0.25) is 4.79 Å². The monoisotopic (exact) mass is 442 g/mol. The molecule has 32 heavy (non-hydrogen) atoms. The molecule has 1 amide bonds. The maximum absolute atomic E-state index is 12.3. The lowest BCUT2D eigenvalue weighted by molar-refractivity contribution is -0.126. The van der Waals surface area contributed by atoms with E-state index in [2.05, 4.69) is 25.6 Å². The van der Waals surface area contributed by atoms with E-state index < -0.39 is 0 Å². The molecule has 1 aliphatic heterocycles. The van der Waals surface area contributed by atoms with E-state index in [-0.39, 0.29) is 17.9 Å². The Kier molecular flexibility index (Phi) is 10.1. The van der Waals surface area contributed by atoms with Crippen LogP contribution in [0.5, 0.6) is 0 Å². The molecule has 0 aliphatic carbocycles. The fraction of sp³-hybridized carbons (Fsp3) is 0.667. The van der Waals surface area contributed by atoms with Crippen LogP contribution in [-0.2, 0) is 16.1 Å². The van der Waals surface area contributed by atoms with Crippen molar-refractivity contribution in [3.05, 3.63) is 30.3 Å². The molecule has 1 saturated heterocycles. The Labute approximate surface area is 191 Å². The van der Waals surface area contributed by atoms with Crippen LogP contribution in [0, 0.1) is 5.92 Å². The maximum Gasteiger partial charge on any atom is 0.223 e. The van der Waals surface area contributed by atoms with Crippen molar-refractivity contribution in [1.29, 1.82) is 0 Å². The number of tetrazole rings is 1. The van der Waals surface area contributed by atoms with Gasteiger partial charge in [0.15, 0.2) is 0 Å². The lowest BCUT2D eigenvalue weighted by atomic mass is 9.95. The predicted octanol–water partition coefficient (Wildman–Crippen LogP) is 3.15. The number of ether oxygens (including phenoxy) is 1. The summed E-state index contributed by atoms with van der Waals surface area (Å²) in [5.41, 5.74) is 0.996. The Morgan fingerprint density at radius 3 is 2.59 bits per heavy atom. The van der Waals surface area contributed by atoms with E-state index in [1.54, 1.807) is 4.80 Å². The molecule has 1 N–H and O–H groups in total. The van der Waals surface area contributed by atoms with Crippen LogP contribution < -0.4 is 5.32 Å². The van der Waals surface area contributed by atoms with E-state index >= 15 is 0 Å². The van der Waals surface area contributed by atoms with Gasteiger partial charge in [0.05, 0.1) is 12.6 Å². The van der Waals surface area contributed by atoms with Crippen LogP contribution >= 0.6 is 0 Å². The number of nitrogens with one attached hydrogen (secondary N) is 1. The number of likely N-dealkylation sites (tertiary alicyclic amines) is 1. The van der Waals surface area contributed by atoms with Crippen molar-refractivity contribution in [2.75, 3.05) is 32.8 Å². The molecular formula is C24H38N6O2. The van der Waals surface area contributed by atoms with Crippen molar-refractivity contribution >= 4 is 5.91 Å². The summed E-state index contributed by atoms with van der Waals surface area (Å²) in [6.07, 6.45) is 6.39. The summed E-state index contributed by atoms with van der Waals surface area (Å²) >= 11 is 0. The third-order valence-electron chi connectivity index (χ3n) is 5.85. The molecule has 2 aromatic rings. The molecule has 0 unspecified atom stereocenters. The summed E-state index contributed by atoms with van der Waals surface area (Å²) < 4.78 is 5.51. The highest BCUT2D eigenvalue weighted by atomic mass is 16.5. The van der Waals surface area contributed by atoms with Crippen molar-refractivity contribution < 1.29 is 9.53 Å². The van der Waals surface area contributed by atoms with E-state index in [1.165, 1.54) is 0 Å². The molecule has 0 spiro atoms. The second kappa shape index (κ2) is 13.3. The highest BCUT2D eigenvalue weighted by Gasteiger charge is 2.24. The Morgan fingerprint density at radius 2 is 1.84 bits per heavy atom. The molecule has 1 aliphatic rings. The van der Waals surface area contributed by atoms with Crippen LogP contribution in [-0.4, -0.2) is 69.9 Å². The van der Waals surface area contributed by atoms with E-state index in [4.69, 9.17) is 4.74 Å². The van der Waals surface area contributed by atoms with Crippen molar-refractivity contribution in [1.82, 2.24) is 30.4 Å². The summed E-state index contributed by atoms with van der Waals surface area (Å²) in [7, 11) is 0.